The molecule has 0 heterocycles. The standard InChI is InChI=1S/C9H15Cl6O3P.H3O3P/c10-1-7(13)4-16-19(17-5-8(14)2-11)18-6-9(15)3-12;1-4(2)3/h7-9H,1-6H2;1-3H. The summed E-state index contributed by atoms with van der Waals surface area (Å²) in [5, 5.41) is -0.962. The first-order chi connectivity index (χ1) is 10.8. The third kappa shape index (κ3) is 22.3. The van der Waals surface area contributed by atoms with Gasteiger partial charge in [-0.25, -0.2) is 0 Å². The second-order valence-electron chi connectivity index (χ2n) is 3.63. The number of halogens is 6. The van der Waals surface area contributed by atoms with E-state index in [1.54, 1.807) is 0 Å². The molecule has 0 saturated heterocycles. The van der Waals surface area contributed by atoms with Gasteiger partial charge < -0.3 is 28.3 Å². The number of alkyl halides is 6. The second-order valence-corrected chi connectivity index (χ2v) is 8.17. The molecule has 0 fully saturated rings. The Morgan fingerprint density at radius 2 is 0.870 bits per heavy atom. The van der Waals surface area contributed by atoms with E-state index in [0.29, 0.717) is 0 Å². The van der Waals surface area contributed by atoms with Crippen LogP contribution in [0.2, 0.25) is 0 Å². The van der Waals surface area contributed by atoms with Crippen molar-refractivity contribution in [2.75, 3.05) is 37.5 Å². The highest BCUT2D eigenvalue weighted by atomic mass is 35.5. The summed E-state index contributed by atoms with van der Waals surface area (Å²) in [5.74, 6) is 0.805. The Bertz CT molecular complexity index is 225. The summed E-state index contributed by atoms with van der Waals surface area (Å²) in [5.41, 5.74) is 0. The van der Waals surface area contributed by atoms with Gasteiger partial charge in [0, 0.05) is 17.6 Å². The van der Waals surface area contributed by atoms with Gasteiger partial charge in [-0.05, 0) is 0 Å². The molecular formula is C9H18Cl6O6P2. The van der Waals surface area contributed by atoms with E-state index in [4.69, 9.17) is 97.9 Å². The van der Waals surface area contributed by atoms with E-state index in [1.165, 1.54) is 0 Å². The van der Waals surface area contributed by atoms with Crippen LogP contribution in [0.4, 0.5) is 0 Å². The average Bonchev–Trinajstić information content (AvgIpc) is 2.52. The lowest BCUT2D eigenvalue weighted by molar-refractivity contribution is 0.163. The minimum Gasteiger partial charge on any atom is -0.328 e. The Hall–Kier alpha value is 2.36. The maximum atomic E-state index is 7.23. The summed E-state index contributed by atoms with van der Waals surface area (Å²) >= 11 is 34.2. The van der Waals surface area contributed by atoms with Crippen LogP contribution in [-0.4, -0.2) is 68.3 Å². The van der Waals surface area contributed by atoms with Crippen molar-refractivity contribution in [3.63, 3.8) is 0 Å². The molecule has 0 aliphatic rings. The second kappa shape index (κ2) is 19.1. The summed E-state index contributed by atoms with van der Waals surface area (Å²) in [6.07, 6.45) is 0. The van der Waals surface area contributed by atoms with Gasteiger partial charge in [-0.15, -0.1) is 69.6 Å². The fourth-order valence-electron chi connectivity index (χ4n) is 0.671. The van der Waals surface area contributed by atoms with Gasteiger partial charge in [0.05, 0.1) is 36.0 Å². The topological polar surface area (TPSA) is 88.4 Å². The van der Waals surface area contributed by atoms with Gasteiger partial charge >= 0.3 is 17.2 Å². The van der Waals surface area contributed by atoms with Crippen LogP contribution in [0.25, 0.3) is 0 Å². The zero-order valence-corrected chi connectivity index (χ0v) is 18.0. The van der Waals surface area contributed by atoms with Crippen molar-refractivity contribution in [2.24, 2.45) is 0 Å². The van der Waals surface area contributed by atoms with Crippen molar-refractivity contribution in [1.82, 2.24) is 0 Å². The largest absolute Gasteiger partial charge is 0.332 e. The van der Waals surface area contributed by atoms with Gasteiger partial charge in [0.1, 0.15) is 0 Å². The molecule has 0 radical (unpaired) electrons. The number of rotatable bonds is 12. The maximum absolute atomic E-state index is 7.23. The highest BCUT2D eigenvalue weighted by Crippen LogP contribution is 2.40. The molecule has 6 nitrogen and oxygen atoms in total. The molecule has 0 rings (SSSR count). The Labute approximate surface area is 168 Å². The van der Waals surface area contributed by atoms with E-state index < -0.39 is 17.2 Å². The van der Waals surface area contributed by atoms with E-state index in [-0.39, 0.29) is 53.6 Å². The summed E-state index contributed by atoms with van der Waals surface area (Å²) < 4.78 is 16.2. The normalized spacial score (nSPS) is 16.4. The lowest BCUT2D eigenvalue weighted by atomic mass is 10.5. The molecular weight excluding hydrogens is 479 g/mol. The quantitative estimate of drug-likeness (QED) is 0.280. The molecule has 0 aromatic rings. The lowest BCUT2D eigenvalue weighted by Gasteiger charge is -2.19. The van der Waals surface area contributed by atoms with Gasteiger partial charge in [-0.1, -0.05) is 0 Å². The molecule has 0 aromatic carbocycles. The minimum absolute atomic E-state index is 0.207. The SMILES string of the molecule is ClCC(Cl)COP(OCC(Cl)CCl)OCC(Cl)CCl.OP(O)O. The van der Waals surface area contributed by atoms with Crippen LogP contribution in [0.5, 0.6) is 0 Å². The highest BCUT2D eigenvalue weighted by Gasteiger charge is 2.18. The Morgan fingerprint density at radius 3 is 1.04 bits per heavy atom. The predicted octanol–water partition coefficient (Wildman–Crippen LogP) is 3.99. The zero-order chi connectivity index (χ0) is 18.3. The van der Waals surface area contributed by atoms with Crippen LogP contribution >= 0.6 is 86.8 Å². The van der Waals surface area contributed by atoms with Gasteiger partial charge in [-0.3, -0.25) is 0 Å². The Balaban J connectivity index is 0. The van der Waals surface area contributed by atoms with E-state index in [2.05, 4.69) is 0 Å². The zero-order valence-electron chi connectivity index (χ0n) is 11.7. The molecule has 0 bridgehead atoms. The van der Waals surface area contributed by atoms with E-state index in [0.717, 1.165) is 0 Å². The van der Waals surface area contributed by atoms with Crippen molar-refractivity contribution in [2.45, 2.75) is 16.1 Å². The Kier molecular flexibility index (Phi) is 22.9. The molecule has 142 valence electrons. The van der Waals surface area contributed by atoms with Gasteiger partial charge in [-0.2, -0.15) is 0 Å². The molecule has 0 aliphatic carbocycles. The maximum Gasteiger partial charge on any atom is 0.332 e. The van der Waals surface area contributed by atoms with Crippen molar-refractivity contribution in [3.8, 4) is 0 Å². The molecule has 3 atom stereocenters. The minimum atomic E-state index is -2.62. The van der Waals surface area contributed by atoms with Crippen LogP contribution in [-0.2, 0) is 13.6 Å². The first-order valence-corrected chi connectivity index (χ1v) is 11.1. The number of hydrogen-bond acceptors (Lipinski definition) is 6. The molecule has 0 saturated carbocycles. The van der Waals surface area contributed by atoms with Crippen LogP contribution in [0.3, 0.4) is 0 Å². The van der Waals surface area contributed by atoms with Crippen molar-refractivity contribution in [3.05, 3.63) is 0 Å². The third-order valence-electron chi connectivity index (χ3n) is 1.58. The average molecular weight is 497 g/mol. The van der Waals surface area contributed by atoms with Crippen molar-refractivity contribution in [1.29, 1.82) is 0 Å². The number of hydrogen-bond donors (Lipinski definition) is 3. The summed E-state index contributed by atoms with van der Waals surface area (Å²) in [6, 6.07) is 0. The summed E-state index contributed by atoms with van der Waals surface area (Å²) in [6.45, 7) is 0.620. The molecule has 14 heteroatoms. The molecule has 0 spiro atoms. The lowest BCUT2D eigenvalue weighted by Crippen LogP contribution is -2.15. The molecule has 3 unspecified atom stereocenters. The van der Waals surface area contributed by atoms with Gasteiger partial charge in [0.2, 0.25) is 0 Å². The van der Waals surface area contributed by atoms with Crippen molar-refractivity contribution < 1.29 is 28.3 Å². The molecule has 0 aromatic heterocycles. The predicted molar refractivity (Wildman–Crippen MR) is 99.4 cm³/mol. The molecule has 3 N–H and O–H groups in total. The molecule has 0 aliphatic heterocycles. The van der Waals surface area contributed by atoms with E-state index in [9.17, 15) is 0 Å². The fraction of sp³-hybridized carbons (Fsp3) is 1.00. The van der Waals surface area contributed by atoms with Crippen LogP contribution in [0, 0.1) is 0 Å². The van der Waals surface area contributed by atoms with Crippen LogP contribution in [0.1, 0.15) is 0 Å². The van der Waals surface area contributed by atoms with E-state index in [1.807, 2.05) is 0 Å². The first-order valence-electron chi connectivity index (χ1n) is 5.92. The smallest absolute Gasteiger partial charge is 0.328 e. The first kappa shape index (κ1) is 27.6. The third-order valence-corrected chi connectivity index (χ3v) is 5.10. The molecule has 0 amide bonds. The Morgan fingerprint density at radius 1 is 0.652 bits per heavy atom. The van der Waals surface area contributed by atoms with Crippen LogP contribution < -0.4 is 0 Å². The molecule has 23 heavy (non-hydrogen) atoms. The fourth-order valence-corrected chi connectivity index (χ4v) is 2.52. The van der Waals surface area contributed by atoms with Gasteiger partial charge in [0.25, 0.3) is 0 Å². The monoisotopic (exact) mass is 494 g/mol. The summed E-state index contributed by atoms with van der Waals surface area (Å²) in [4.78, 5) is 21.7. The van der Waals surface area contributed by atoms with E-state index >= 15 is 0 Å². The highest BCUT2D eigenvalue weighted by molar-refractivity contribution is 7.41. The van der Waals surface area contributed by atoms with Crippen molar-refractivity contribution >= 4 is 86.8 Å². The van der Waals surface area contributed by atoms with Crippen LogP contribution in [0.15, 0.2) is 0 Å². The summed E-state index contributed by atoms with van der Waals surface area (Å²) in [7, 11) is -4.22. The van der Waals surface area contributed by atoms with Gasteiger partial charge in [0.15, 0.2) is 0 Å².